The van der Waals surface area contributed by atoms with Crippen molar-refractivity contribution in [2.24, 2.45) is 0 Å². The maximum absolute atomic E-state index is 12.9. The fraction of sp³-hybridized carbons (Fsp3) is 0.222. The minimum Gasteiger partial charge on any atom is -0.463 e. The van der Waals surface area contributed by atoms with Crippen molar-refractivity contribution in [1.82, 2.24) is 9.88 Å². The van der Waals surface area contributed by atoms with Gasteiger partial charge in [0.15, 0.2) is 0 Å². The molecular weight excluding hydrogens is 292 g/mol. The third-order valence-corrected chi connectivity index (χ3v) is 3.71. The Morgan fingerprint density at radius 1 is 1.17 bits per heavy atom. The molecule has 2 aromatic heterocycles. The van der Waals surface area contributed by atoms with Crippen LogP contribution >= 0.6 is 0 Å². The molecule has 0 saturated carbocycles. The van der Waals surface area contributed by atoms with Crippen LogP contribution in [0, 0.1) is 0 Å². The average Bonchev–Trinajstić information content (AvgIpc) is 3.03. The molecule has 1 amide bonds. The van der Waals surface area contributed by atoms with Gasteiger partial charge in [-0.3, -0.25) is 9.78 Å². The van der Waals surface area contributed by atoms with Gasteiger partial charge in [0.1, 0.15) is 11.8 Å². The molecular formula is C18H18N2O3. The molecule has 0 spiro atoms. The summed E-state index contributed by atoms with van der Waals surface area (Å²) in [7, 11) is 0. The number of furan rings is 1. The number of rotatable bonds is 6. The molecule has 23 heavy (non-hydrogen) atoms. The number of carbonyl (C=O) groups excluding carboxylic acids is 1. The molecule has 1 N–H and O–H groups in total. The smallest absolute Gasteiger partial charge is 0.258 e. The maximum Gasteiger partial charge on any atom is 0.258 e. The minimum absolute atomic E-state index is 0.0479. The first-order chi connectivity index (χ1) is 11.3. The molecule has 0 aliphatic carbocycles. The molecule has 118 valence electrons. The van der Waals surface area contributed by atoms with Crippen LogP contribution in [0.5, 0.6) is 0 Å². The van der Waals surface area contributed by atoms with Crippen LogP contribution < -0.4 is 0 Å². The molecule has 0 fully saturated rings. The van der Waals surface area contributed by atoms with Crippen molar-refractivity contribution >= 4 is 16.9 Å². The number of fused-ring (bicyclic) bond motifs is 1. The van der Waals surface area contributed by atoms with Crippen molar-refractivity contribution in [3.63, 3.8) is 0 Å². The summed E-state index contributed by atoms with van der Waals surface area (Å²) in [6.45, 7) is 1.00. The molecule has 0 aliphatic heterocycles. The lowest BCUT2D eigenvalue weighted by atomic mass is 10.1. The van der Waals surface area contributed by atoms with Crippen molar-refractivity contribution < 1.29 is 14.3 Å². The quantitative estimate of drug-likeness (QED) is 0.760. The number of aliphatic hydroxyl groups is 1. The number of benzene rings is 1. The number of hydrogen-bond donors (Lipinski definition) is 1. The third kappa shape index (κ3) is 3.40. The number of amides is 1. The van der Waals surface area contributed by atoms with Gasteiger partial charge in [-0.2, -0.15) is 0 Å². The Balaban J connectivity index is 1.87. The zero-order valence-electron chi connectivity index (χ0n) is 12.7. The Bertz CT molecular complexity index is 783. The van der Waals surface area contributed by atoms with Gasteiger partial charge in [-0.25, -0.2) is 0 Å². The van der Waals surface area contributed by atoms with E-state index in [1.807, 2.05) is 36.4 Å². The summed E-state index contributed by atoms with van der Waals surface area (Å²) in [4.78, 5) is 18.6. The van der Waals surface area contributed by atoms with Gasteiger partial charge in [-0.15, -0.1) is 0 Å². The highest BCUT2D eigenvalue weighted by Crippen LogP contribution is 2.23. The van der Waals surface area contributed by atoms with Crippen molar-refractivity contribution in [3.05, 3.63) is 66.2 Å². The molecule has 2 heterocycles. The van der Waals surface area contributed by atoms with E-state index in [1.165, 1.54) is 6.26 Å². The Morgan fingerprint density at radius 2 is 1.96 bits per heavy atom. The molecule has 0 unspecified atom stereocenters. The van der Waals surface area contributed by atoms with E-state index in [-0.39, 0.29) is 12.5 Å². The number of carbonyl (C=O) groups is 1. The van der Waals surface area contributed by atoms with Gasteiger partial charge >= 0.3 is 0 Å². The van der Waals surface area contributed by atoms with E-state index in [4.69, 9.17) is 9.52 Å². The molecule has 0 atom stereocenters. The van der Waals surface area contributed by atoms with Crippen LogP contribution in [-0.2, 0) is 6.54 Å². The first kappa shape index (κ1) is 15.2. The summed E-state index contributed by atoms with van der Waals surface area (Å²) in [6, 6.07) is 11.2. The largest absolute Gasteiger partial charge is 0.463 e. The zero-order chi connectivity index (χ0) is 16.1. The van der Waals surface area contributed by atoms with Crippen LogP contribution in [0.1, 0.15) is 22.3 Å². The second-order valence-corrected chi connectivity index (χ2v) is 5.30. The molecule has 5 nitrogen and oxygen atoms in total. The predicted molar refractivity (Wildman–Crippen MR) is 86.9 cm³/mol. The molecule has 3 rings (SSSR count). The average molecular weight is 310 g/mol. The lowest BCUT2D eigenvalue weighted by Gasteiger charge is -2.22. The Kier molecular flexibility index (Phi) is 4.68. The lowest BCUT2D eigenvalue weighted by Crippen LogP contribution is -2.31. The highest BCUT2D eigenvalue weighted by atomic mass is 16.3. The predicted octanol–water partition coefficient (Wildman–Crippen LogP) is 2.85. The summed E-state index contributed by atoms with van der Waals surface area (Å²) in [5.74, 6) is -0.0970. The van der Waals surface area contributed by atoms with E-state index < -0.39 is 0 Å². The molecule has 0 bridgehead atoms. The van der Waals surface area contributed by atoms with Gasteiger partial charge in [-0.1, -0.05) is 18.2 Å². The highest BCUT2D eigenvalue weighted by Gasteiger charge is 2.20. The lowest BCUT2D eigenvalue weighted by molar-refractivity contribution is 0.0733. The zero-order valence-corrected chi connectivity index (χ0v) is 12.7. The molecule has 5 heteroatoms. The van der Waals surface area contributed by atoms with Crippen LogP contribution in [0.2, 0.25) is 0 Å². The summed E-state index contributed by atoms with van der Waals surface area (Å²) < 4.78 is 5.47. The SMILES string of the molecule is O=C(c1coc2ccccc12)N(CCCO)Cc1ccncc1. The Labute approximate surface area is 134 Å². The minimum atomic E-state index is -0.0970. The number of aliphatic hydroxyl groups excluding tert-OH is 1. The molecule has 0 aliphatic rings. The summed E-state index contributed by atoms with van der Waals surface area (Å²) in [5, 5.41) is 9.91. The van der Waals surface area contributed by atoms with Gasteiger partial charge in [0, 0.05) is 37.5 Å². The fourth-order valence-corrected chi connectivity index (χ4v) is 2.54. The van der Waals surface area contributed by atoms with E-state index in [0.29, 0.717) is 30.7 Å². The van der Waals surface area contributed by atoms with Gasteiger partial charge < -0.3 is 14.4 Å². The highest BCUT2D eigenvalue weighted by molar-refractivity contribution is 6.05. The standard InChI is InChI=1S/C18H18N2O3/c21-11-3-10-20(12-14-6-8-19-9-7-14)18(22)16-13-23-17-5-2-1-4-15(16)17/h1-2,4-9,13,21H,3,10-12H2. The van der Waals surface area contributed by atoms with Crippen molar-refractivity contribution in [2.75, 3.05) is 13.2 Å². The second kappa shape index (κ2) is 7.07. The summed E-state index contributed by atoms with van der Waals surface area (Å²) in [6.07, 6.45) is 5.45. The molecule has 0 radical (unpaired) electrons. The van der Waals surface area contributed by atoms with Crippen LogP contribution in [0.15, 0.2) is 59.5 Å². The number of para-hydroxylation sites is 1. The Hall–Kier alpha value is -2.66. The van der Waals surface area contributed by atoms with Crippen LogP contribution in [-0.4, -0.2) is 34.0 Å². The number of hydrogen-bond acceptors (Lipinski definition) is 4. The summed E-state index contributed by atoms with van der Waals surface area (Å²) in [5.41, 5.74) is 2.24. The number of pyridine rings is 1. The van der Waals surface area contributed by atoms with Gasteiger partial charge in [0.2, 0.25) is 0 Å². The maximum atomic E-state index is 12.9. The molecule has 3 aromatic rings. The first-order valence-electron chi connectivity index (χ1n) is 7.55. The van der Waals surface area contributed by atoms with Gasteiger partial charge in [-0.05, 0) is 30.2 Å². The molecule has 1 aromatic carbocycles. The number of nitrogens with zero attached hydrogens (tertiary/aromatic N) is 2. The van der Waals surface area contributed by atoms with Crippen LogP contribution in [0.25, 0.3) is 11.0 Å². The first-order valence-corrected chi connectivity index (χ1v) is 7.55. The molecule has 0 saturated heterocycles. The van der Waals surface area contributed by atoms with E-state index in [9.17, 15) is 4.79 Å². The van der Waals surface area contributed by atoms with Gasteiger partial charge in [0.05, 0.1) is 5.56 Å². The Morgan fingerprint density at radius 3 is 2.74 bits per heavy atom. The second-order valence-electron chi connectivity index (χ2n) is 5.30. The van der Waals surface area contributed by atoms with Crippen LogP contribution in [0.3, 0.4) is 0 Å². The fourth-order valence-electron chi connectivity index (χ4n) is 2.54. The van der Waals surface area contributed by atoms with Crippen LogP contribution in [0.4, 0.5) is 0 Å². The monoisotopic (exact) mass is 310 g/mol. The van der Waals surface area contributed by atoms with E-state index in [1.54, 1.807) is 17.3 Å². The van der Waals surface area contributed by atoms with E-state index >= 15 is 0 Å². The summed E-state index contributed by atoms with van der Waals surface area (Å²) >= 11 is 0. The third-order valence-electron chi connectivity index (χ3n) is 3.71. The van der Waals surface area contributed by atoms with E-state index in [0.717, 1.165) is 10.9 Å². The van der Waals surface area contributed by atoms with Crippen molar-refractivity contribution in [3.8, 4) is 0 Å². The number of aromatic nitrogens is 1. The van der Waals surface area contributed by atoms with E-state index in [2.05, 4.69) is 4.98 Å². The van der Waals surface area contributed by atoms with Crippen molar-refractivity contribution in [2.45, 2.75) is 13.0 Å². The normalized spacial score (nSPS) is 10.8. The van der Waals surface area contributed by atoms with Crippen molar-refractivity contribution in [1.29, 1.82) is 0 Å². The topological polar surface area (TPSA) is 66.6 Å². The van der Waals surface area contributed by atoms with Gasteiger partial charge in [0.25, 0.3) is 5.91 Å².